The van der Waals surface area contributed by atoms with Gasteiger partial charge in [-0.05, 0) is 31.0 Å². The molecule has 1 atom stereocenters. The molecule has 92 valence electrons. The summed E-state index contributed by atoms with van der Waals surface area (Å²) in [6.45, 7) is 5.13. The van der Waals surface area contributed by atoms with Crippen LogP contribution < -0.4 is 10.6 Å². The van der Waals surface area contributed by atoms with E-state index in [1.165, 1.54) is 5.56 Å². The Hall–Kier alpha value is -1.55. The molecule has 1 fully saturated rings. The molecule has 17 heavy (non-hydrogen) atoms. The molecule has 2 N–H and O–H groups in total. The molecule has 0 saturated carbocycles. The molecule has 0 radical (unpaired) electrons. The van der Waals surface area contributed by atoms with Crippen LogP contribution in [0.1, 0.15) is 17.5 Å². The van der Waals surface area contributed by atoms with Gasteiger partial charge in [-0.15, -0.1) is 0 Å². The first-order valence-corrected chi connectivity index (χ1v) is 5.88. The molecule has 1 heterocycles. The Morgan fingerprint density at radius 1 is 1.47 bits per heavy atom. The topological polar surface area (TPSA) is 55.6 Å². The van der Waals surface area contributed by atoms with Gasteiger partial charge in [0.15, 0.2) is 0 Å². The second kappa shape index (κ2) is 4.75. The van der Waals surface area contributed by atoms with Crippen LogP contribution in [0.4, 0.5) is 10.5 Å². The fourth-order valence-electron chi connectivity index (χ4n) is 2.04. The molecule has 0 bridgehead atoms. The number of carbonyl (C=O) groups excluding carboxylic acids is 1. The summed E-state index contributed by atoms with van der Waals surface area (Å²) < 4.78 is 5.26. The summed E-state index contributed by atoms with van der Waals surface area (Å²) >= 11 is 0. The minimum atomic E-state index is -0.291. The van der Waals surface area contributed by atoms with Crippen molar-refractivity contribution in [2.24, 2.45) is 5.73 Å². The summed E-state index contributed by atoms with van der Waals surface area (Å²) in [4.78, 5) is 13.6. The molecule has 1 aromatic carbocycles. The number of anilines is 1. The van der Waals surface area contributed by atoms with Crippen LogP contribution >= 0.6 is 0 Å². The van der Waals surface area contributed by atoms with Gasteiger partial charge in [-0.25, -0.2) is 4.79 Å². The predicted molar refractivity (Wildman–Crippen MR) is 67.2 cm³/mol. The number of cyclic esters (lactones) is 1. The molecule has 1 saturated heterocycles. The molecule has 0 spiro atoms. The second-order valence-electron chi connectivity index (χ2n) is 4.40. The standard InChI is InChI=1S/C13H18N2O2/c1-9-4-3-5-12(10(9)2)15-7-6-11(8-14)17-13(15)16/h3-5,11H,6-8,14H2,1-2H3. The summed E-state index contributed by atoms with van der Waals surface area (Å²) in [6, 6.07) is 5.95. The number of nitrogens with zero attached hydrogens (tertiary/aromatic N) is 1. The van der Waals surface area contributed by atoms with Gasteiger partial charge in [-0.3, -0.25) is 4.90 Å². The van der Waals surface area contributed by atoms with E-state index in [0.717, 1.165) is 17.7 Å². The van der Waals surface area contributed by atoms with E-state index in [9.17, 15) is 4.79 Å². The summed E-state index contributed by atoms with van der Waals surface area (Å²) in [6.07, 6.45) is 0.361. The second-order valence-corrected chi connectivity index (χ2v) is 4.40. The van der Waals surface area contributed by atoms with E-state index in [1.807, 2.05) is 32.0 Å². The minimum absolute atomic E-state index is 0.135. The number of carbonyl (C=O) groups is 1. The Bertz CT molecular complexity index is 431. The van der Waals surface area contributed by atoms with Gasteiger partial charge in [-0.1, -0.05) is 12.1 Å². The van der Waals surface area contributed by atoms with Crippen molar-refractivity contribution in [2.75, 3.05) is 18.0 Å². The molecular formula is C13H18N2O2. The molecule has 4 heteroatoms. The zero-order valence-electron chi connectivity index (χ0n) is 10.3. The predicted octanol–water partition coefficient (Wildman–Crippen LogP) is 1.98. The largest absolute Gasteiger partial charge is 0.444 e. The van der Waals surface area contributed by atoms with Crippen molar-refractivity contribution in [1.82, 2.24) is 0 Å². The highest BCUT2D eigenvalue weighted by Gasteiger charge is 2.28. The van der Waals surface area contributed by atoms with E-state index in [1.54, 1.807) is 4.90 Å². The summed E-state index contributed by atoms with van der Waals surface area (Å²) in [5.41, 5.74) is 8.74. The van der Waals surface area contributed by atoms with Crippen LogP contribution in [0.2, 0.25) is 0 Å². The van der Waals surface area contributed by atoms with E-state index in [-0.39, 0.29) is 12.2 Å². The molecule has 0 aromatic heterocycles. The van der Waals surface area contributed by atoms with Crippen molar-refractivity contribution in [3.05, 3.63) is 29.3 Å². The number of rotatable bonds is 2. The van der Waals surface area contributed by atoms with Crippen LogP contribution in [0.5, 0.6) is 0 Å². The van der Waals surface area contributed by atoms with Gasteiger partial charge in [0.2, 0.25) is 0 Å². The smallest absolute Gasteiger partial charge is 0.414 e. The maximum atomic E-state index is 11.9. The van der Waals surface area contributed by atoms with Crippen LogP contribution in [0.25, 0.3) is 0 Å². The molecule has 2 rings (SSSR count). The molecule has 4 nitrogen and oxygen atoms in total. The lowest BCUT2D eigenvalue weighted by atomic mass is 10.1. The SMILES string of the molecule is Cc1cccc(N2CCC(CN)OC2=O)c1C. The number of nitrogens with two attached hydrogens (primary N) is 1. The first-order valence-electron chi connectivity index (χ1n) is 5.88. The van der Waals surface area contributed by atoms with Gasteiger partial charge < -0.3 is 10.5 Å². The van der Waals surface area contributed by atoms with E-state index in [0.29, 0.717) is 13.1 Å². The summed E-state index contributed by atoms with van der Waals surface area (Å²) in [5, 5.41) is 0. The van der Waals surface area contributed by atoms with Gasteiger partial charge in [0, 0.05) is 19.5 Å². The van der Waals surface area contributed by atoms with Crippen molar-refractivity contribution >= 4 is 11.8 Å². The van der Waals surface area contributed by atoms with Gasteiger partial charge >= 0.3 is 6.09 Å². The summed E-state index contributed by atoms with van der Waals surface area (Å²) in [5.74, 6) is 0. The highest BCUT2D eigenvalue weighted by molar-refractivity contribution is 5.89. The van der Waals surface area contributed by atoms with Crippen LogP contribution in [-0.4, -0.2) is 25.3 Å². The van der Waals surface area contributed by atoms with Gasteiger partial charge in [0.1, 0.15) is 6.10 Å². The average molecular weight is 234 g/mol. The van der Waals surface area contributed by atoms with Crippen LogP contribution in [0, 0.1) is 13.8 Å². The zero-order chi connectivity index (χ0) is 12.4. The maximum Gasteiger partial charge on any atom is 0.414 e. The Morgan fingerprint density at radius 3 is 2.88 bits per heavy atom. The van der Waals surface area contributed by atoms with Gasteiger partial charge in [-0.2, -0.15) is 0 Å². The molecule has 0 aliphatic carbocycles. The van der Waals surface area contributed by atoms with Crippen molar-refractivity contribution in [3.8, 4) is 0 Å². The van der Waals surface area contributed by atoms with E-state index in [4.69, 9.17) is 10.5 Å². The maximum absolute atomic E-state index is 11.9. The Balaban J connectivity index is 2.23. The fourth-order valence-corrected chi connectivity index (χ4v) is 2.04. The first kappa shape index (κ1) is 11.9. The Labute approximate surface area is 101 Å². The van der Waals surface area contributed by atoms with E-state index in [2.05, 4.69) is 0 Å². The molecular weight excluding hydrogens is 216 g/mol. The lowest BCUT2D eigenvalue weighted by molar-refractivity contribution is 0.0887. The monoisotopic (exact) mass is 234 g/mol. The Kier molecular flexibility index (Phi) is 3.33. The molecule has 1 aliphatic heterocycles. The zero-order valence-corrected chi connectivity index (χ0v) is 10.3. The number of ether oxygens (including phenoxy) is 1. The molecule has 1 aliphatic rings. The van der Waals surface area contributed by atoms with Crippen LogP contribution in [-0.2, 0) is 4.74 Å². The molecule has 1 unspecified atom stereocenters. The third-order valence-corrected chi connectivity index (χ3v) is 3.29. The van der Waals surface area contributed by atoms with Gasteiger partial charge in [0.05, 0.1) is 5.69 Å². The van der Waals surface area contributed by atoms with E-state index >= 15 is 0 Å². The Morgan fingerprint density at radius 2 is 2.24 bits per heavy atom. The normalized spacial score (nSPS) is 20.3. The van der Waals surface area contributed by atoms with Crippen molar-refractivity contribution < 1.29 is 9.53 Å². The number of amides is 1. The number of hydrogen-bond donors (Lipinski definition) is 1. The highest BCUT2D eigenvalue weighted by atomic mass is 16.6. The lowest BCUT2D eigenvalue weighted by Crippen LogP contribution is -2.44. The average Bonchev–Trinajstić information content (AvgIpc) is 2.33. The van der Waals surface area contributed by atoms with Crippen LogP contribution in [0.15, 0.2) is 18.2 Å². The fraction of sp³-hybridized carbons (Fsp3) is 0.462. The molecule has 1 aromatic rings. The van der Waals surface area contributed by atoms with Crippen molar-refractivity contribution in [1.29, 1.82) is 0 Å². The quantitative estimate of drug-likeness (QED) is 0.851. The first-order chi connectivity index (χ1) is 8.13. The minimum Gasteiger partial charge on any atom is -0.444 e. The summed E-state index contributed by atoms with van der Waals surface area (Å²) in [7, 11) is 0. The lowest BCUT2D eigenvalue weighted by Gasteiger charge is -2.32. The number of aryl methyl sites for hydroxylation is 1. The van der Waals surface area contributed by atoms with E-state index < -0.39 is 0 Å². The van der Waals surface area contributed by atoms with Crippen molar-refractivity contribution in [3.63, 3.8) is 0 Å². The third kappa shape index (κ3) is 2.26. The number of hydrogen-bond acceptors (Lipinski definition) is 3. The third-order valence-electron chi connectivity index (χ3n) is 3.29. The van der Waals surface area contributed by atoms with Crippen LogP contribution in [0.3, 0.4) is 0 Å². The van der Waals surface area contributed by atoms with Gasteiger partial charge in [0.25, 0.3) is 0 Å². The number of benzene rings is 1. The molecule has 1 amide bonds. The van der Waals surface area contributed by atoms with Crippen molar-refractivity contribution in [2.45, 2.75) is 26.4 Å². The highest BCUT2D eigenvalue weighted by Crippen LogP contribution is 2.26.